The van der Waals surface area contributed by atoms with Gasteiger partial charge in [0.25, 0.3) is 0 Å². The number of halogens is 1. The highest BCUT2D eigenvalue weighted by molar-refractivity contribution is 7.91. The maximum atomic E-state index is 12.9. The molecule has 0 radical (unpaired) electrons. The third kappa shape index (κ3) is 7.13. The van der Waals surface area contributed by atoms with E-state index >= 15 is 0 Å². The molecule has 2 N–H and O–H groups in total. The number of nitrogens with zero attached hydrogens (tertiary/aromatic N) is 2. The molecule has 0 unspecified atom stereocenters. The normalized spacial score (nSPS) is 20.4. The zero-order chi connectivity index (χ0) is 24.1. The molecule has 1 aliphatic carbocycles. The maximum absolute atomic E-state index is 12.9. The highest BCUT2D eigenvalue weighted by Crippen LogP contribution is 2.35. The van der Waals surface area contributed by atoms with Gasteiger partial charge in [-0.2, -0.15) is 0 Å². The van der Waals surface area contributed by atoms with Crippen molar-refractivity contribution in [2.45, 2.75) is 61.1 Å². The lowest BCUT2D eigenvalue weighted by molar-refractivity contribution is -0.166. The van der Waals surface area contributed by atoms with E-state index in [-0.39, 0.29) is 46.3 Å². The quantitative estimate of drug-likeness (QED) is 0.489. The van der Waals surface area contributed by atoms with Crippen LogP contribution in [0.4, 0.5) is 0 Å². The molecule has 3 rings (SSSR count). The summed E-state index contributed by atoms with van der Waals surface area (Å²) in [5.41, 5.74) is 2.80. The van der Waals surface area contributed by atoms with Crippen LogP contribution < -0.4 is 10.2 Å². The van der Waals surface area contributed by atoms with Crippen LogP contribution in [-0.4, -0.2) is 49.5 Å². The SMILES string of the molecule is COc1ccc(S(=O)(=O)c2cc(CN(O)NC(=O)CC3CCC(C)(OC)CC3)ccn2)cc1.Cl. The number of benzene rings is 1. The molecule has 9 nitrogen and oxygen atoms in total. The number of aromatic nitrogens is 1. The van der Waals surface area contributed by atoms with Crippen LogP contribution in [-0.2, 0) is 25.9 Å². The Morgan fingerprint density at radius 1 is 1.21 bits per heavy atom. The summed E-state index contributed by atoms with van der Waals surface area (Å²) in [6, 6.07) is 8.97. The summed E-state index contributed by atoms with van der Waals surface area (Å²) < 4.78 is 36.4. The van der Waals surface area contributed by atoms with E-state index in [1.165, 1.54) is 31.5 Å². The molecule has 188 valence electrons. The summed E-state index contributed by atoms with van der Waals surface area (Å²) in [6.45, 7) is 1.99. The molecule has 2 aromatic rings. The number of nitrogens with one attached hydrogen (secondary N) is 1. The van der Waals surface area contributed by atoms with Gasteiger partial charge in [0.15, 0.2) is 5.03 Å². The summed E-state index contributed by atoms with van der Waals surface area (Å²) in [7, 11) is -0.629. The van der Waals surface area contributed by atoms with Crippen molar-refractivity contribution in [3.8, 4) is 5.75 Å². The van der Waals surface area contributed by atoms with Gasteiger partial charge >= 0.3 is 0 Å². The van der Waals surface area contributed by atoms with E-state index in [9.17, 15) is 18.4 Å². The molecule has 0 spiro atoms. The third-order valence-electron chi connectivity index (χ3n) is 6.16. The van der Waals surface area contributed by atoms with E-state index in [0.29, 0.717) is 22.9 Å². The Labute approximate surface area is 206 Å². The van der Waals surface area contributed by atoms with E-state index in [1.807, 2.05) is 0 Å². The summed E-state index contributed by atoms with van der Waals surface area (Å²) >= 11 is 0. The number of ether oxygens (including phenoxy) is 2. The molecule has 1 aromatic heterocycles. The predicted octanol–water partition coefficient (Wildman–Crippen LogP) is 3.55. The van der Waals surface area contributed by atoms with E-state index in [4.69, 9.17) is 9.47 Å². The van der Waals surface area contributed by atoms with E-state index < -0.39 is 9.84 Å². The van der Waals surface area contributed by atoms with E-state index in [2.05, 4.69) is 17.3 Å². The highest BCUT2D eigenvalue weighted by atomic mass is 35.5. The Morgan fingerprint density at radius 3 is 2.44 bits per heavy atom. The Bertz CT molecular complexity index is 1060. The van der Waals surface area contributed by atoms with Crippen molar-refractivity contribution in [1.82, 2.24) is 15.6 Å². The Kier molecular flexibility index (Phi) is 9.84. The molecular weight excluding hydrogens is 482 g/mol. The lowest BCUT2D eigenvalue weighted by Crippen LogP contribution is -2.41. The molecular formula is C23H32ClN3O6S. The van der Waals surface area contributed by atoms with Gasteiger partial charge < -0.3 is 9.47 Å². The second-order valence-electron chi connectivity index (χ2n) is 8.58. The fourth-order valence-corrected chi connectivity index (χ4v) is 5.17. The zero-order valence-electron chi connectivity index (χ0n) is 19.6. The third-order valence-corrected chi connectivity index (χ3v) is 7.83. The van der Waals surface area contributed by atoms with Gasteiger partial charge in [-0.05, 0) is 80.5 Å². The number of carbonyl (C=O) groups excluding carboxylic acids is 1. The molecule has 0 bridgehead atoms. The second kappa shape index (κ2) is 11.9. The molecule has 11 heteroatoms. The largest absolute Gasteiger partial charge is 0.497 e. The number of rotatable bonds is 9. The Hall–Kier alpha value is -2.24. The maximum Gasteiger partial charge on any atom is 0.236 e. The van der Waals surface area contributed by atoms with Gasteiger partial charge in [0.1, 0.15) is 5.75 Å². The molecule has 1 amide bonds. The Balaban J connectivity index is 0.00000408. The number of sulfone groups is 1. The van der Waals surface area contributed by atoms with E-state index in [0.717, 1.165) is 25.7 Å². The molecule has 1 aromatic carbocycles. The second-order valence-corrected chi connectivity index (χ2v) is 10.5. The smallest absolute Gasteiger partial charge is 0.236 e. The van der Waals surface area contributed by atoms with Crippen molar-refractivity contribution >= 4 is 28.2 Å². The molecule has 1 saturated carbocycles. The molecule has 1 aliphatic rings. The monoisotopic (exact) mass is 513 g/mol. The fraction of sp³-hybridized carbons (Fsp3) is 0.478. The lowest BCUT2D eigenvalue weighted by atomic mass is 9.78. The van der Waals surface area contributed by atoms with Crippen LogP contribution in [0.5, 0.6) is 5.75 Å². The van der Waals surface area contributed by atoms with Gasteiger partial charge in [0, 0.05) is 19.7 Å². The van der Waals surface area contributed by atoms with Crippen molar-refractivity contribution in [3.05, 3.63) is 48.2 Å². The number of hydrazine groups is 1. The minimum atomic E-state index is -3.84. The van der Waals surface area contributed by atoms with Crippen molar-refractivity contribution in [2.24, 2.45) is 5.92 Å². The number of carbonyl (C=O) groups is 1. The van der Waals surface area contributed by atoms with Crippen molar-refractivity contribution in [2.75, 3.05) is 14.2 Å². The van der Waals surface area contributed by atoms with Crippen molar-refractivity contribution < 1.29 is 27.9 Å². The Morgan fingerprint density at radius 2 is 1.85 bits per heavy atom. The van der Waals surface area contributed by atoms with Crippen LogP contribution in [0.1, 0.15) is 44.6 Å². The summed E-state index contributed by atoms with van der Waals surface area (Å²) in [4.78, 5) is 16.4. The van der Waals surface area contributed by atoms with Crippen LogP contribution in [0.15, 0.2) is 52.5 Å². The van der Waals surface area contributed by atoms with Gasteiger partial charge in [-0.1, -0.05) is 5.17 Å². The molecule has 1 heterocycles. The summed E-state index contributed by atoms with van der Waals surface area (Å²) in [6.07, 6.45) is 5.24. The highest BCUT2D eigenvalue weighted by Gasteiger charge is 2.31. The van der Waals surface area contributed by atoms with Crippen LogP contribution in [0.3, 0.4) is 0 Å². The van der Waals surface area contributed by atoms with Crippen molar-refractivity contribution in [1.29, 1.82) is 0 Å². The minimum absolute atomic E-state index is 0. The van der Waals surface area contributed by atoms with Gasteiger partial charge in [-0.15, -0.1) is 12.4 Å². The van der Waals surface area contributed by atoms with Crippen molar-refractivity contribution in [3.63, 3.8) is 0 Å². The van der Waals surface area contributed by atoms with Crippen LogP contribution in [0, 0.1) is 5.92 Å². The number of methoxy groups -OCH3 is 2. The molecule has 34 heavy (non-hydrogen) atoms. The predicted molar refractivity (Wildman–Crippen MR) is 127 cm³/mol. The number of hydrogen-bond donors (Lipinski definition) is 2. The van der Waals surface area contributed by atoms with Gasteiger partial charge in [-0.3, -0.25) is 15.4 Å². The van der Waals surface area contributed by atoms with Crippen LogP contribution >= 0.6 is 12.4 Å². The molecule has 0 saturated heterocycles. The first-order chi connectivity index (χ1) is 15.6. The number of hydroxylamine groups is 1. The molecule has 1 fully saturated rings. The number of hydrogen-bond acceptors (Lipinski definition) is 8. The van der Waals surface area contributed by atoms with Gasteiger partial charge in [0.2, 0.25) is 15.7 Å². The van der Waals surface area contributed by atoms with Gasteiger partial charge in [-0.25, -0.2) is 13.4 Å². The number of amides is 1. The first kappa shape index (κ1) is 28.0. The summed E-state index contributed by atoms with van der Waals surface area (Å²) in [5.74, 6) is 0.496. The topological polar surface area (TPSA) is 118 Å². The van der Waals surface area contributed by atoms with Gasteiger partial charge in [0.05, 0.1) is 24.2 Å². The first-order valence-corrected chi connectivity index (χ1v) is 12.3. The average molecular weight is 514 g/mol. The van der Waals surface area contributed by atoms with E-state index in [1.54, 1.807) is 25.3 Å². The lowest BCUT2D eigenvalue weighted by Gasteiger charge is -2.36. The summed E-state index contributed by atoms with van der Waals surface area (Å²) in [5, 5.41) is 10.7. The molecule has 0 aliphatic heterocycles. The first-order valence-electron chi connectivity index (χ1n) is 10.8. The fourth-order valence-electron chi connectivity index (χ4n) is 3.93. The minimum Gasteiger partial charge on any atom is -0.497 e. The zero-order valence-corrected chi connectivity index (χ0v) is 21.2. The standard InChI is InChI=1S/C23H31N3O6S.ClH/c1-23(32-3)11-8-17(9-12-23)14-21(27)25-26(28)16-18-10-13-24-22(15-18)33(29,30)20-6-4-19(31-2)5-7-20;/h4-7,10,13,15,17,28H,8-9,11-12,14,16H2,1-3H3,(H,25,27);1H. The van der Waals surface area contributed by atoms with Crippen LogP contribution in [0.2, 0.25) is 0 Å². The molecule has 0 atom stereocenters. The number of pyridine rings is 1. The van der Waals surface area contributed by atoms with Crippen LogP contribution in [0.25, 0.3) is 0 Å². The average Bonchev–Trinajstić information content (AvgIpc) is 2.80.